The molecule has 5 N–H and O–H groups in total. The first-order chi connectivity index (χ1) is 7.43. The van der Waals surface area contributed by atoms with Crippen LogP contribution >= 0.6 is 0 Å². The molecule has 0 aliphatic heterocycles. The van der Waals surface area contributed by atoms with Crippen molar-refractivity contribution < 1.29 is 8.42 Å². The van der Waals surface area contributed by atoms with Crippen molar-refractivity contribution in [2.24, 2.45) is 10.9 Å². The van der Waals surface area contributed by atoms with Gasteiger partial charge in [-0.2, -0.15) is 0 Å². The van der Waals surface area contributed by atoms with E-state index in [9.17, 15) is 8.42 Å². The van der Waals surface area contributed by atoms with E-state index in [1.54, 1.807) is 6.07 Å². The van der Waals surface area contributed by atoms with Gasteiger partial charge in [0.1, 0.15) is 10.7 Å². The monoisotopic (exact) mass is 244 g/mol. The average Bonchev–Trinajstić information content (AvgIpc) is 2.25. The minimum atomic E-state index is -3.67. The lowest BCUT2D eigenvalue weighted by Crippen LogP contribution is -2.28. The molecule has 0 saturated heterocycles. The standard InChI is InChI=1S/C9H16N4O2S/c1-2-7(10)5-12-9-4-3-8(6-13-9)16(11,14)15/h3-4,6-7H,2,5,10H2,1H3,(H,12,13)(H2,11,14,15). The van der Waals surface area contributed by atoms with Gasteiger partial charge in [-0.05, 0) is 18.6 Å². The number of nitrogens with zero attached hydrogens (tertiary/aromatic N) is 1. The van der Waals surface area contributed by atoms with Crippen molar-refractivity contribution >= 4 is 15.8 Å². The zero-order chi connectivity index (χ0) is 12.2. The van der Waals surface area contributed by atoms with Gasteiger partial charge in [-0.25, -0.2) is 18.5 Å². The Morgan fingerprint density at radius 3 is 2.62 bits per heavy atom. The Balaban J connectivity index is 2.66. The van der Waals surface area contributed by atoms with Crippen LogP contribution in [-0.4, -0.2) is 26.0 Å². The predicted octanol–water partition coefficient (Wildman–Crippen LogP) is -0.122. The number of sulfonamides is 1. The van der Waals surface area contributed by atoms with E-state index < -0.39 is 10.0 Å². The van der Waals surface area contributed by atoms with E-state index in [1.165, 1.54) is 12.3 Å². The van der Waals surface area contributed by atoms with Crippen LogP contribution < -0.4 is 16.2 Å². The van der Waals surface area contributed by atoms with Gasteiger partial charge < -0.3 is 11.1 Å². The van der Waals surface area contributed by atoms with Gasteiger partial charge in [0, 0.05) is 18.8 Å². The van der Waals surface area contributed by atoms with Gasteiger partial charge in [0.15, 0.2) is 0 Å². The number of primary sulfonamides is 1. The Morgan fingerprint density at radius 2 is 2.19 bits per heavy atom. The second kappa shape index (κ2) is 5.24. The highest BCUT2D eigenvalue weighted by atomic mass is 32.2. The summed E-state index contributed by atoms with van der Waals surface area (Å²) in [6.45, 7) is 2.59. The maximum Gasteiger partial charge on any atom is 0.239 e. The molecule has 0 saturated carbocycles. The van der Waals surface area contributed by atoms with E-state index in [4.69, 9.17) is 10.9 Å². The van der Waals surface area contributed by atoms with E-state index in [-0.39, 0.29) is 10.9 Å². The molecule has 0 bridgehead atoms. The third-order valence-electron chi connectivity index (χ3n) is 2.13. The fourth-order valence-electron chi connectivity index (χ4n) is 1.03. The molecule has 1 rings (SSSR count). The number of aromatic nitrogens is 1. The second-order valence-electron chi connectivity index (χ2n) is 3.47. The number of hydrogen-bond donors (Lipinski definition) is 3. The maximum absolute atomic E-state index is 11.0. The first-order valence-electron chi connectivity index (χ1n) is 4.91. The van der Waals surface area contributed by atoms with E-state index in [2.05, 4.69) is 10.3 Å². The molecule has 1 atom stereocenters. The summed E-state index contributed by atoms with van der Waals surface area (Å²) in [5.41, 5.74) is 5.71. The van der Waals surface area contributed by atoms with Crippen LogP contribution in [0.25, 0.3) is 0 Å². The fraction of sp³-hybridized carbons (Fsp3) is 0.444. The number of pyridine rings is 1. The summed E-state index contributed by atoms with van der Waals surface area (Å²) in [6.07, 6.45) is 2.08. The molecule has 1 heterocycles. The molecule has 0 aliphatic rings. The zero-order valence-electron chi connectivity index (χ0n) is 9.05. The highest BCUT2D eigenvalue weighted by Crippen LogP contribution is 2.08. The number of anilines is 1. The first kappa shape index (κ1) is 12.9. The summed E-state index contributed by atoms with van der Waals surface area (Å²) >= 11 is 0. The van der Waals surface area contributed by atoms with E-state index >= 15 is 0 Å². The number of nitrogens with one attached hydrogen (secondary N) is 1. The topological polar surface area (TPSA) is 111 Å². The Bertz CT molecular complexity index is 429. The summed E-state index contributed by atoms with van der Waals surface area (Å²) in [5, 5.41) is 7.94. The minimum absolute atomic E-state index is 0.00200. The van der Waals surface area contributed by atoms with Crippen molar-refractivity contribution in [1.82, 2.24) is 4.98 Å². The smallest absolute Gasteiger partial charge is 0.239 e. The van der Waals surface area contributed by atoms with Crippen molar-refractivity contribution in [2.75, 3.05) is 11.9 Å². The van der Waals surface area contributed by atoms with Crippen molar-refractivity contribution in [3.8, 4) is 0 Å². The highest BCUT2D eigenvalue weighted by molar-refractivity contribution is 7.89. The van der Waals surface area contributed by atoms with Crippen LogP contribution in [-0.2, 0) is 10.0 Å². The lowest BCUT2D eigenvalue weighted by Gasteiger charge is -2.10. The summed E-state index contributed by atoms with van der Waals surface area (Å²) in [7, 11) is -3.67. The highest BCUT2D eigenvalue weighted by Gasteiger charge is 2.07. The quantitative estimate of drug-likeness (QED) is 0.668. The summed E-state index contributed by atoms with van der Waals surface area (Å²) in [4.78, 5) is 3.92. The Labute approximate surface area is 95.1 Å². The normalized spacial score (nSPS) is 13.4. The van der Waals surface area contributed by atoms with Gasteiger partial charge in [-0.3, -0.25) is 0 Å². The molecule has 90 valence electrons. The molecule has 16 heavy (non-hydrogen) atoms. The molecule has 6 nitrogen and oxygen atoms in total. The molecule has 1 aromatic rings. The van der Waals surface area contributed by atoms with Crippen LogP contribution in [0.1, 0.15) is 13.3 Å². The molecule has 0 spiro atoms. The summed E-state index contributed by atoms with van der Waals surface area (Å²) in [5.74, 6) is 0.580. The first-order valence-corrected chi connectivity index (χ1v) is 6.46. The van der Waals surface area contributed by atoms with E-state index in [1.807, 2.05) is 6.92 Å². The van der Waals surface area contributed by atoms with Crippen molar-refractivity contribution in [1.29, 1.82) is 0 Å². The molecular weight excluding hydrogens is 228 g/mol. The second-order valence-corrected chi connectivity index (χ2v) is 5.03. The largest absolute Gasteiger partial charge is 0.369 e. The molecule has 7 heteroatoms. The average molecular weight is 244 g/mol. The third-order valence-corrected chi connectivity index (χ3v) is 3.03. The SMILES string of the molecule is CCC(N)CNc1ccc(S(N)(=O)=O)cn1. The summed E-state index contributed by atoms with van der Waals surface area (Å²) < 4.78 is 21.9. The van der Waals surface area contributed by atoms with Crippen LogP contribution in [0.5, 0.6) is 0 Å². The van der Waals surface area contributed by atoms with Crippen LogP contribution in [0.3, 0.4) is 0 Å². The van der Waals surface area contributed by atoms with Gasteiger partial charge in [0.25, 0.3) is 0 Å². The Hall–Kier alpha value is -1.18. The number of hydrogen-bond acceptors (Lipinski definition) is 5. The Kier molecular flexibility index (Phi) is 4.22. The number of rotatable bonds is 5. The third kappa shape index (κ3) is 3.76. The van der Waals surface area contributed by atoms with Gasteiger partial charge in [0.2, 0.25) is 10.0 Å². The van der Waals surface area contributed by atoms with Crippen LogP contribution in [0.15, 0.2) is 23.2 Å². The van der Waals surface area contributed by atoms with Crippen molar-refractivity contribution in [3.63, 3.8) is 0 Å². The van der Waals surface area contributed by atoms with Crippen molar-refractivity contribution in [2.45, 2.75) is 24.3 Å². The van der Waals surface area contributed by atoms with Gasteiger partial charge in [-0.1, -0.05) is 6.92 Å². The van der Waals surface area contributed by atoms with E-state index in [0.717, 1.165) is 6.42 Å². The number of nitrogens with two attached hydrogens (primary N) is 2. The zero-order valence-corrected chi connectivity index (χ0v) is 9.87. The molecule has 0 aromatic carbocycles. The van der Waals surface area contributed by atoms with Crippen LogP contribution in [0, 0.1) is 0 Å². The van der Waals surface area contributed by atoms with Gasteiger partial charge in [-0.15, -0.1) is 0 Å². The fourth-order valence-corrected chi connectivity index (χ4v) is 1.49. The molecule has 0 fully saturated rings. The lowest BCUT2D eigenvalue weighted by atomic mass is 10.2. The molecule has 1 unspecified atom stereocenters. The van der Waals surface area contributed by atoms with E-state index in [0.29, 0.717) is 12.4 Å². The van der Waals surface area contributed by atoms with Gasteiger partial charge >= 0.3 is 0 Å². The maximum atomic E-state index is 11.0. The van der Waals surface area contributed by atoms with Gasteiger partial charge in [0.05, 0.1) is 0 Å². The van der Waals surface area contributed by atoms with Crippen LogP contribution in [0.4, 0.5) is 5.82 Å². The Morgan fingerprint density at radius 1 is 1.50 bits per heavy atom. The predicted molar refractivity (Wildman–Crippen MR) is 62.4 cm³/mol. The summed E-state index contributed by atoms with van der Waals surface area (Å²) in [6, 6.07) is 3.02. The van der Waals surface area contributed by atoms with Crippen LogP contribution in [0.2, 0.25) is 0 Å². The minimum Gasteiger partial charge on any atom is -0.369 e. The molecule has 0 amide bonds. The lowest BCUT2D eigenvalue weighted by molar-refractivity contribution is 0.597. The molecule has 0 aliphatic carbocycles. The molecular formula is C9H16N4O2S. The molecule has 0 radical (unpaired) electrons. The van der Waals surface area contributed by atoms with Crippen molar-refractivity contribution in [3.05, 3.63) is 18.3 Å². The molecule has 1 aromatic heterocycles.